The first-order chi connectivity index (χ1) is 13.7. The van der Waals surface area contributed by atoms with Gasteiger partial charge in [0.15, 0.2) is 0 Å². The zero-order valence-corrected chi connectivity index (χ0v) is 17.5. The number of carbonyl (C=O) groups is 2. The van der Waals surface area contributed by atoms with Crippen LogP contribution < -0.4 is 10.1 Å². The van der Waals surface area contributed by atoms with Crippen LogP contribution in [0, 0.1) is 20.8 Å². The van der Waals surface area contributed by atoms with Gasteiger partial charge in [0, 0.05) is 6.54 Å². The highest BCUT2D eigenvalue weighted by atomic mass is 32.2. The quantitative estimate of drug-likeness (QED) is 0.700. The molecule has 0 unspecified atom stereocenters. The lowest BCUT2D eigenvalue weighted by atomic mass is 10.1. The van der Waals surface area contributed by atoms with Gasteiger partial charge in [0.1, 0.15) is 17.2 Å². The Morgan fingerprint density at radius 1 is 1.14 bits per heavy atom. The van der Waals surface area contributed by atoms with E-state index < -0.39 is 28.4 Å². The Labute approximate surface area is 170 Å². The van der Waals surface area contributed by atoms with Crippen molar-refractivity contribution in [2.24, 2.45) is 0 Å². The summed E-state index contributed by atoms with van der Waals surface area (Å²) in [5.74, 6) is -0.387. The molecule has 2 aromatic rings. The van der Waals surface area contributed by atoms with Gasteiger partial charge in [0.2, 0.25) is 5.91 Å². The highest BCUT2D eigenvalue weighted by Gasteiger charge is 2.41. The molecule has 0 spiro atoms. The average molecular weight is 416 g/mol. The number of sulfonamides is 1. The topological polar surface area (TPSA) is 92.8 Å². The maximum atomic E-state index is 12.5. The van der Waals surface area contributed by atoms with E-state index in [-0.39, 0.29) is 10.5 Å². The molecule has 2 amide bonds. The van der Waals surface area contributed by atoms with Gasteiger partial charge in [-0.2, -0.15) is 0 Å². The van der Waals surface area contributed by atoms with E-state index in [4.69, 9.17) is 4.74 Å². The van der Waals surface area contributed by atoms with Gasteiger partial charge in [-0.1, -0.05) is 18.2 Å². The van der Waals surface area contributed by atoms with Crippen LogP contribution in [0.1, 0.15) is 33.5 Å². The first kappa shape index (κ1) is 20.9. The number of hydrogen-bond acceptors (Lipinski definition) is 5. The van der Waals surface area contributed by atoms with Gasteiger partial charge in [0.25, 0.3) is 15.9 Å². The molecule has 0 fully saturated rings. The van der Waals surface area contributed by atoms with Crippen LogP contribution in [0.25, 0.3) is 0 Å². The first-order valence-electron chi connectivity index (χ1n) is 9.35. The number of nitrogens with one attached hydrogen (secondary N) is 1. The smallest absolute Gasteiger partial charge is 0.269 e. The van der Waals surface area contributed by atoms with Crippen molar-refractivity contribution in [3.05, 3.63) is 58.7 Å². The van der Waals surface area contributed by atoms with Crippen LogP contribution >= 0.6 is 0 Å². The van der Waals surface area contributed by atoms with Gasteiger partial charge in [-0.25, -0.2) is 12.7 Å². The second-order valence-electron chi connectivity index (χ2n) is 7.07. The van der Waals surface area contributed by atoms with E-state index in [1.807, 2.05) is 26.8 Å². The summed E-state index contributed by atoms with van der Waals surface area (Å²) in [7, 11) is -3.98. The van der Waals surface area contributed by atoms with Gasteiger partial charge < -0.3 is 10.1 Å². The fourth-order valence-electron chi connectivity index (χ4n) is 3.21. The maximum absolute atomic E-state index is 12.5. The van der Waals surface area contributed by atoms with E-state index >= 15 is 0 Å². The van der Waals surface area contributed by atoms with Crippen LogP contribution in [0.2, 0.25) is 0 Å². The lowest BCUT2D eigenvalue weighted by Gasteiger charge is -2.15. The molecule has 0 bridgehead atoms. The normalized spacial score (nSPS) is 14.6. The predicted octanol–water partition coefficient (Wildman–Crippen LogP) is 2.34. The van der Waals surface area contributed by atoms with Crippen LogP contribution in [0.3, 0.4) is 0 Å². The average Bonchev–Trinajstić information content (AvgIpc) is 2.86. The summed E-state index contributed by atoms with van der Waals surface area (Å²) in [5.41, 5.74) is 3.45. The maximum Gasteiger partial charge on any atom is 0.269 e. The van der Waals surface area contributed by atoms with Gasteiger partial charge in [-0.05, 0) is 62.1 Å². The molecule has 0 aromatic heterocycles. The van der Waals surface area contributed by atoms with Crippen molar-refractivity contribution in [3.8, 4) is 5.75 Å². The molecule has 0 atom stereocenters. The summed E-state index contributed by atoms with van der Waals surface area (Å²) in [5, 5.41) is 2.64. The van der Waals surface area contributed by atoms with Gasteiger partial charge in [0.05, 0.1) is 12.2 Å². The summed E-state index contributed by atoms with van der Waals surface area (Å²) < 4.78 is 31.3. The lowest BCUT2D eigenvalue weighted by molar-refractivity contribution is -0.121. The zero-order valence-electron chi connectivity index (χ0n) is 16.7. The van der Waals surface area contributed by atoms with E-state index in [1.165, 1.54) is 12.1 Å². The number of aryl methyl sites for hydroxylation is 2. The highest BCUT2D eigenvalue weighted by molar-refractivity contribution is 7.90. The number of benzene rings is 2. The summed E-state index contributed by atoms with van der Waals surface area (Å²) in [6.07, 6.45) is 0.555. The summed E-state index contributed by atoms with van der Waals surface area (Å²) in [6, 6.07) is 10.0. The number of amides is 2. The number of hydrogen-bond donors (Lipinski definition) is 1. The highest BCUT2D eigenvalue weighted by Crippen LogP contribution is 2.29. The molecule has 1 N–H and O–H groups in total. The second-order valence-corrected chi connectivity index (χ2v) is 8.90. The van der Waals surface area contributed by atoms with Crippen molar-refractivity contribution in [2.75, 3.05) is 19.7 Å². The van der Waals surface area contributed by atoms with Gasteiger partial charge in [-0.3, -0.25) is 9.59 Å². The molecule has 29 heavy (non-hydrogen) atoms. The molecule has 7 nitrogen and oxygen atoms in total. The molecule has 2 aromatic carbocycles. The standard InChI is InChI=1S/C21H24N2O5S/c1-14-11-15(2)16(3)18(12-14)28-10-6-9-22-20(24)13-23-21(25)17-7-4-5-8-19(17)29(23,26)27/h4-5,7-8,11-12H,6,9-10,13H2,1-3H3,(H,22,24). The van der Waals surface area contributed by atoms with Crippen molar-refractivity contribution >= 4 is 21.8 Å². The van der Waals surface area contributed by atoms with E-state index in [1.54, 1.807) is 12.1 Å². The van der Waals surface area contributed by atoms with Crippen molar-refractivity contribution in [1.82, 2.24) is 9.62 Å². The molecule has 0 saturated heterocycles. The fraction of sp³-hybridized carbons (Fsp3) is 0.333. The van der Waals surface area contributed by atoms with Crippen LogP contribution in [0.4, 0.5) is 0 Å². The third kappa shape index (κ3) is 4.27. The fourth-order valence-corrected chi connectivity index (χ4v) is 4.73. The minimum Gasteiger partial charge on any atom is -0.493 e. The molecular weight excluding hydrogens is 392 g/mol. The zero-order chi connectivity index (χ0) is 21.2. The number of carbonyl (C=O) groups excluding carboxylic acids is 2. The largest absolute Gasteiger partial charge is 0.493 e. The number of fused-ring (bicyclic) bond motifs is 1. The lowest BCUT2D eigenvalue weighted by Crippen LogP contribution is -2.40. The molecule has 0 aliphatic carbocycles. The molecule has 1 aliphatic rings. The summed E-state index contributed by atoms with van der Waals surface area (Å²) in [4.78, 5) is 24.4. The predicted molar refractivity (Wildman–Crippen MR) is 108 cm³/mol. The molecule has 154 valence electrons. The minimum atomic E-state index is -3.98. The van der Waals surface area contributed by atoms with Crippen molar-refractivity contribution < 1.29 is 22.7 Å². The number of nitrogens with zero attached hydrogens (tertiary/aromatic N) is 1. The summed E-state index contributed by atoms with van der Waals surface area (Å²) in [6.45, 7) is 6.23. The Morgan fingerprint density at radius 2 is 1.86 bits per heavy atom. The van der Waals surface area contributed by atoms with Gasteiger partial charge >= 0.3 is 0 Å². The molecule has 1 aliphatic heterocycles. The van der Waals surface area contributed by atoms with Crippen LogP contribution in [0.5, 0.6) is 5.75 Å². The Hall–Kier alpha value is -2.87. The Balaban J connectivity index is 1.49. The Kier molecular flexibility index (Phi) is 5.93. The second kappa shape index (κ2) is 8.24. The SMILES string of the molecule is Cc1cc(C)c(C)c(OCCCNC(=O)CN2C(=O)c3ccccc3S2(=O)=O)c1. The van der Waals surface area contributed by atoms with Crippen LogP contribution in [-0.2, 0) is 14.8 Å². The Bertz CT molecular complexity index is 1060. The minimum absolute atomic E-state index is 0.0602. The third-order valence-corrected chi connectivity index (χ3v) is 6.65. The number of ether oxygens (including phenoxy) is 1. The summed E-state index contributed by atoms with van der Waals surface area (Å²) >= 11 is 0. The number of rotatable bonds is 7. The van der Waals surface area contributed by atoms with Crippen LogP contribution in [-0.4, -0.2) is 44.2 Å². The van der Waals surface area contributed by atoms with E-state index in [0.717, 1.165) is 22.4 Å². The molecule has 0 radical (unpaired) electrons. The molecular formula is C21H24N2O5S. The van der Waals surface area contributed by atoms with E-state index in [9.17, 15) is 18.0 Å². The van der Waals surface area contributed by atoms with Crippen molar-refractivity contribution in [1.29, 1.82) is 0 Å². The third-order valence-electron chi connectivity index (χ3n) is 4.86. The molecule has 3 rings (SSSR count). The van der Waals surface area contributed by atoms with Gasteiger partial charge in [-0.15, -0.1) is 0 Å². The van der Waals surface area contributed by atoms with E-state index in [2.05, 4.69) is 11.4 Å². The van der Waals surface area contributed by atoms with Crippen molar-refractivity contribution in [3.63, 3.8) is 0 Å². The molecule has 8 heteroatoms. The first-order valence-corrected chi connectivity index (χ1v) is 10.8. The Morgan fingerprint density at radius 3 is 2.59 bits per heavy atom. The molecule has 0 saturated carbocycles. The van der Waals surface area contributed by atoms with Crippen molar-refractivity contribution in [2.45, 2.75) is 32.1 Å². The van der Waals surface area contributed by atoms with Crippen LogP contribution in [0.15, 0.2) is 41.3 Å². The van der Waals surface area contributed by atoms with E-state index in [0.29, 0.717) is 23.9 Å². The molecule has 1 heterocycles. The monoisotopic (exact) mass is 416 g/mol.